The average Bonchev–Trinajstić information content (AvgIpc) is 3.32. The van der Waals surface area contributed by atoms with Crippen molar-refractivity contribution in [3.05, 3.63) is 60.3 Å². The monoisotopic (exact) mass is 392 g/mol. The van der Waals surface area contributed by atoms with Gasteiger partial charge in [-0.15, -0.1) is 10.2 Å². The molecule has 1 unspecified atom stereocenters. The second kappa shape index (κ2) is 8.09. The van der Waals surface area contributed by atoms with Crippen LogP contribution >= 0.6 is 0 Å². The second-order valence-corrected chi connectivity index (χ2v) is 6.68. The van der Waals surface area contributed by atoms with Crippen molar-refractivity contribution in [3.63, 3.8) is 0 Å². The molecule has 0 spiro atoms. The van der Waals surface area contributed by atoms with E-state index >= 15 is 0 Å². The zero-order valence-corrected chi connectivity index (χ0v) is 15.8. The highest BCUT2D eigenvalue weighted by Crippen LogP contribution is 2.22. The lowest BCUT2D eigenvalue weighted by molar-refractivity contribution is -0.136. The third-order valence-corrected chi connectivity index (χ3v) is 4.54. The van der Waals surface area contributed by atoms with Gasteiger partial charge in [0.25, 0.3) is 0 Å². The first-order chi connectivity index (χ1) is 14.1. The number of aromatic nitrogens is 4. The largest absolute Gasteiger partial charge is 0.439 e. The van der Waals surface area contributed by atoms with E-state index in [1.54, 1.807) is 31.2 Å². The topological polar surface area (TPSA) is 111 Å². The van der Waals surface area contributed by atoms with Crippen LogP contribution in [0.25, 0.3) is 0 Å². The number of benzene rings is 1. The Labute approximate surface area is 167 Å². The van der Waals surface area contributed by atoms with Crippen LogP contribution in [0, 0.1) is 0 Å². The quantitative estimate of drug-likeness (QED) is 0.644. The highest BCUT2D eigenvalue weighted by Gasteiger charge is 2.24. The van der Waals surface area contributed by atoms with Crippen LogP contribution in [0.15, 0.2) is 48.7 Å². The lowest BCUT2D eigenvalue weighted by Crippen LogP contribution is -2.37. The molecule has 1 aliphatic rings. The summed E-state index contributed by atoms with van der Waals surface area (Å²) in [4.78, 5) is 28.7. The van der Waals surface area contributed by atoms with Gasteiger partial charge in [-0.25, -0.2) is 4.98 Å². The highest BCUT2D eigenvalue weighted by atomic mass is 16.5. The van der Waals surface area contributed by atoms with Crippen molar-refractivity contribution in [2.75, 3.05) is 5.32 Å². The lowest BCUT2D eigenvalue weighted by atomic mass is 10.3. The number of rotatable bonds is 5. The number of hydrogen-bond donors (Lipinski definition) is 2. The van der Waals surface area contributed by atoms with Crippen LogP contribution in [0.4, 0.5) is 5.69 Å². The van der Waals surface area contributed by atoms with Crippen molar-refractivity contribution < 1.29 is 14.3 Å². The van der Waals surface area contributed by atoms with E-state index in [0.717, 1.165) is 25.2 Å². The molecule has 1 atom stereocenters. The Kier molecular flexibility index (Phi) is 5.19. The van der Waals surface area contributed by atoms with E-state index in [-0.39, 0.29) is 0 Å². The van der Waals surface area contributed by atoms with Crippen molar-refractivity contribution >= 4 is 17.5 Å². The number of anilines is 1. The molecular formula is C20H20N6O3. The minimum atomic E-state index is -0.783. The molecule has 148 valence electrons. The Morgan fingerprint density at radius 1 is 1.14 bits per heavy atom. The average molecular weight is 392 g/mol. The van der Waals surface area contributed by atoms with Crippen LogP contribution in [0.3, 0.4) is 0 Å². The van der Waals surface area contributed by atoms with Gasteiger partial charge in [-0.05, 0) is 31.5 Å². The molecule has 1 aliphatic heterocycles. The number of carbonyl (C=O) groups excluding carboxylic acids is 2. The summed E-state index contributed by atoms with van der Waals surface area (Å²) in [7, 11) is 0. The maximum Gasteiger partial charge on any atom is 0.313 e. The zero-order valence-electron chi connectivity index (χ0n) is 15.8. The van der Waals surface area contributed by atoms with Gasteiger partial charge in [-0.3, -0.25) is 9.59 Å². The predicted molar refractivity (Wildman–Crippen MR) is 104 cm³/mol. The van der Waals surface area contributed by atoms with E-state index in [0.29, 0.717) is 23.1 Å². The molecule has 9 heteroatoms. The molecule has 9 nitrogen and oxygen atoms in total. The van der Waals surface area contributed by atoms with Crippen LogP contribution in [-0.2, 0) is 22.6 Å². The van der Waals surface area contributed by atoms with Crippen LogP contribution in [0.5, 0.6) is 11.6 Å². The molecule has 3 heterocycles. The van der Waals surface area contributed by atoms with Crippen molar-refractivity contribution in [1.82, 2.24) is 25.1 Å². The fourth-order valence-corrected chi connectivity index (χ4v) is 3.16. The zero-order chi connectivity index (χ0) is 20.2. The molecule has 2 aromatic heterocycles. The van der Waals surface area contributed by atoms with E-state index in [1.807, 2.05) is 22.8 Å². The Bertz CT molecular complexity index is 1030. The summed E-state index contributed by atoms with van der Waals surface area (Å²) >= 11 is 0. The van der Waals surface area contributed by atoms with Crippen LogP contribution in [0.2, 0.25) is 0 Å². The van der Waals surface area contributed by atoms with Crippen molar-refractivity contribution in [3.8, 4) is 11.6 Å². The van der Waals surface area contributed by atoms with Gasteiger partial charge in [0.2, 0.25) is 5.88 Å². The van der Waals surface area contributed by atoms with Crippen molar-refractivity contribution in [2.45, 2.75) is 32.4 Å². The predicted octanol–water partition coefficient (Wildman–Crippen LogP) is 2.23. The smallest absolute Gasteiger partial charge is 0.313 e. The number of nitrogens with one attached hydrogen (secondary N) is 2. The molecule has 1 aromatic carbocycles. The van der Waals surface area contributed by atoms with Crippen LogP contribution in [-0.4, -0.2) is 31.6 Å². The minimum absolute atomic E-state index is 0.307. The molecule has 4 rings (SSSR count). The summed E-state index contributed by atoms with van der Waals surface area (Å²) in [6, 6.07) is 11.9. The molecule has 0 fully saturated rings. The van der Waals surface area contributed by atoms with E-state index < -0.39 is 17.9 Å². The van der Waals surface area contributed by atoms with Gasteiger partial charge >= 0.3 is 11.8 Å². The third-order valence-electron chi connectivity index (χ3n) is 4.54. The second-order valence-electron chi connectivity index (χ2n) is 6.68. The Balaban J connectivity index is 1.37. The van der Waals surface area contributed by atoms with Gasteiger partial charge in [0.05, 0.1) is 6.04 Å². The number of ether oxygens (including phenoxy) is 1. The van der Waals surface area contributed by atoms with Gasteiger partial charge in [0, 0.05) is 30.9 Å². The summed E-state index contributed by atoms with van der Waals surface area (Å²) in [6.07, 6.45) is 3.38. The van der Waals surface area contributed by atoms with Crippen molar-refractivity contribution in [2.24, 2.45) is 0 Å². The molecule has 29 heavy (non-hydrogen) atoms. The molecule has 2 amide bonds. The number of hydrogen-bond acceptors (Lipinski definition) is 6. The standard InChI is InChI=1S/C20H20N6O3/c1-13(18-25-24-16-8-5-11-26(16)18)22-19(27)20(28)23-14-9-10-21-17(12-14)29-15-6-3-2-4-7-15/h2-4,6-7,9-10,12-13H,5,8,11H2,1H3,(H,22,27)(H,21,23,28). The Morgan fingerprint density at radius 3 is 2.79 bits per heavy atom. The molecule has 3 aromatic rings. The number of pyridine rings is 1. The van der Waals surface area contributed by atoms with Gasteiger partial charge < -0.3 is 19.9 Å². The molecular weight excluding hydrogens is 372 g/mol. The first-order valence-electron chi connectivity index (χ1n) is 9.33. The summed E-state index contributed by atoms with van der Waals surface area (Å²) in [5.41, 5.74) is 0.405. The van der Waals surface area contributed by atoms with E-state index in [2.05, 4.69) is 25.8 Å². The molecule has 0 saturated carbocycles. The van der Waals surface area contributed by atoms with Crippen molar-refractivity contribution in [1.29, 1.82) is 0 Å². The maximum atomic E-state index is 12.3. The van der Waals surface area contributed by atoms with E-state index in [4.69, 9.17) is 4.74 Å². The third kappa shape index (κ3) is 4.23. The maximum absolute atomic E-state index is 12.3. The Hall–Kier alpha value is -3.75. The number of amides is 2. The number of para-hydroxylation sites is 1. The van der Waals surface area contributed by atoms with E-state index in [9.17, 15) is 9.59 Å². The fourth-order valence-electron chi connectivity index (χ4n) is 3.16. The van der Waals surface area contributed by atoms with Gasteiger partial charge in [-0.2, -0.15) is 0 Å². The molecule has 0 saturated heterocycles. The normalized spacial score (nSPS) is 13.4. The number of carbonyl (C=O) groups is 2. The Morgan fingerprint density at radius 2 is 1.97 bits per heavy atom. The molecule has 2 N–H and O–H groups in total. The first kappa shape index (κ1) is 18.6. The minimum Gasteiger partial charge on any atom is -0.439 e. The van der Waals surface area contributed by atoms with E-state index in [1.165, 1.54) is 6.20 Å². The SMILES string of the molecule is CC(NC(=O)C(=O)Nc1ccnc(Oc2ccccc2)c1)c1nnc2n1CCC2. The van der Waals surface area contributed by atoms with Gasteiger partial charge in [0.15, 0.2) is 5.82 Å². The number of fused-ring (bicyclic) bond motifs is 1. The summed E-state index contributed by atoms with van der Waals surface area (Å²) in [6.45, 7) is 2.60. The summed E-state index contributed by atoms with van der Waals surface area (Å²) in [5, 5.41) is 13.5. The summed E-state index contributed by atoms with van der Waals surface area (Å²) in [5.74, 6) is 0.956. The van der Waals surface area contributed by atoms with Gasteiger partial charge in [-0.1, -0.05) is 18.2 Å². The van der Waals surface area contributed by atoms with Crippen LogP contribution < -0.4 is 15.4 Å². The number of aryl methyl sites for hydroxylation is 1. The molecule has 0 aliphatic carbocycles. The highest BCUT2D eigenvalue weighted by molar-refractivity contribution is 6.39. The van der Waals surface area contributed by atoms with Crippen LogP contribution in [0.1, 0.15) is 31.0 Å². The molecule has 0 bridgehead atoms. The molecule has 0 radical (unpaired) electrons. The fraction of sp³-hybridized carbons (Fsp3) is 0.250. The van der Waals surface area contributed by atoms with Gasteiger partial charge in [0.1, 0.15) is 11.6 Å². The lowest BCUT2D eigenvalue weighted by Gasteiger charge is -2.14. The number of nitrogens with zero attached hydrogens (tertiary/aromatic N) is 4. The first-order valence-corrected chi connectivity index (χ1v) is 9.33. The summed E-state index contributed by atoms with van der Waals surface area (Å²) < 4.78 is 7.62.